The number of unbranched alkanes of at least 4 members (excludes halogenated alkanes) is 9. The van der Waals surface area contributed by atoms with Gasteiger partial charge in [-0.25, -0.2) is 0 Å². The maximum Gasteiger partial charge on any atom is 1.00 e. The van der Waals surface area contributed by atoms with Crippen molar-refractivity contribution in [2.45, 2.75) is 84.5 Å². The zero-order valence-electron chi connectivity index (χ0n) is 13.4. The van der Waals surface area contributed by atoms with Crippen LogP contribution in [0.25, 0.3) is 0 Å². The second kappa shape index (κ2) is 16.9. The van der Waals surface area contributed by atoms with Gasteiger partial charge in [-0.05, 0) is 12.3 Å². The Hall–Kier alpha value is 0.930. The average Bonchev–Trinajstić information content (AvgIpc) is 2.31. The first-order chi connectivity index (χ1) is 7.81. The summed E-state index contributed by atoms with van der Waals surface area (Å²) in [6, 6.07) is 0. The first-order valence-corrected chi connectivity index (χ1v) is 7.37. The van der Waals surface area contributed by atoms with E-state index in [0.29, 0.717) is 0 Å². The standard InChI is InChI=1S/C15H31F.Na.H/c1-3-4-5-6-7-8-9-10-11-12-13-15(2)14-16;;/h15H,3-14H2,1-2H3;;/q;+1;-1. The number of hydrogen-bond acceptors (Lipinski definition) is 0. The molecule has 0 aliphatic rings. The fraction of sp³-hybridized carbons (Fsp3) is 1.00. The summed E-state index contributed by atoms with van der Waals surface area (Å²) in [7, 11) is 0. The molecule has 2 heteroatoms. The summed E-state index contributed by atoms with van der Waals surface area (Å²) in [4.78, 5) is 0. The van der Waals surface area contributed by atoms with E-state index in [0.717, 1.165) is 6.42 Å². The van der Waals surface area contributed by atoms with E-state index in [2.05, 4.69) is 6.92 Å². The van der Waals surface area contributed by atoms with Gasteiger partial charge in [0.1, 0.15) is 0 Å². The quantitative estimate of drug-likeness (QED) is 0.371. The SMILES string of the molecule is CCCCCCCCCCCCC(C)CF.[H-].[Na+]. The topological polar surface area (TPSA) is 0 Å². The summed E-state index contributed by atoms with van der Waals surface area (Å²) < 4.78 is 12.2. The van der Waals surface area contributed by atoms with Gasteiger partial charge in [0.05, 0.1) is 6.67 Å². The van der Waals surface area contributed by atoms with Crippen molar-refractivity contribution < 1.29 is 35.4 Å². The number of halogens is 1. The molecule has 0 aromatic heterocycles. The van der Waals surface area contributed by atoms with E-state index in [4.69, 9.17) is 0 Å². The van der Waals surface area contributed by atoms with Gasteiger partial charge in [0.2, 0.25) is 0 Å². The van der Waals surface area contributed by atoms with Gasteiger partial charge in [0.25, 0.3) is 0 Å². The molecule has 0 saturated heterocycles. The van der Waals surface area contributed by atoms with Crippen LogP contribution in [-0.4, -0.2) is 6.67 Å². The fourth-order valence-corrected chi connectivity index (χ4v) is 2.06. The molecule has 0 amide bonds. The smallest absolute Gasteiger partial charge is 1.00 e. The average molecular weight is 254 g/mol. The first-order valence-electron chi connectivity index (χ1n) is 7.37. The van der Waals surface area contributed by atoms with Crippen LogP contribution >= 0.6 is 0 Å². The minimum atomic E-state index is -0.141. The third kappa shape index (κ3) is 16.9. The van der Waals surface area contributed by atoms with E-state index in [1.807, 2.05) is 6.92 Å². The van der Waals surface area contributed by atoms with Gasteiger partial charge in [0, 0.05) is 0 Å². The van der Waals surface area contributed by atoms with Crippen LogP contribution in [0.5, 0.6) is 0 Å². The van der Waals surface area contributed by atoms with Crippen LogP contribution in [0.1, 0.15) is 85.9 Å². The van der Waals surface area contributed by atoms with Crippen LogP contribution in [0.15, 0.2) is 0 Å². The molecule has 0 saturated carbocycles. The van der Waals surface area contributed by atoms with E-state index in [9.17, 15) is 4.39 Å². The van der Waals surface area contributed by atoms with Crippen LogP contribution < -0.4 is 29.6 Å². The van der Waals surface area contributed by atoms with Gasteiger partial charge >= 0.3 is 29.6 Å². The summed E-state index contributed by atoms with van der Waals surface area (Å²) in [6.45, 7) is 4.13. The summed E-state index contributed by atoms with van der Waals surface area (Å²) >= 11 is 0. The molecule has 0 bridgehead atoms. The van der Waals surface area contributed by atoms with Crippen molar-refractivity contribution >= 4 is 0 Å². The minimum Gasteiger partial charge on any atom is -1.00 e. The Bertz CT molecular complexity index is 134. The number of rotatable bonds is 12. The molecule has 0 nitrogen and oxygen atoms in total. The molecule has 0 heterocycles. The molecular formula is C15H32FNa. The summed E-state index contributed by atoms with van der Waals surface area (Å²) in [6.07, 6.45) is 14.8. The molecule has 1 unspecified atom stereocenters. The predicted molar refractivity (Wildman–Crippen MR) is 72.7 cm³/mol. The monoisotopic (exact) mass is 254 g/mol. The van der Waals surface area contributed by atoms with Crippen LogP contribution in [-0.2, 0) is 0 Å². The van der Waals surface area contributed by atoms with E-state index in [-0.39, 0.29) is 43.6 Å². The van der Waals surface area contributed by atoms with Crippen molar-refractivity contribution in [3.05, 3.63) is 0 Å². The van der Waals surface area contributed by atoms with Gasteiger partial charge in [0.15, 0.2) is 0 Å². The van der Waals surface area contributed by atoms with E-state index >= 15 is 0 Å². The molecule has 0 aromatic carbocycles. The maximum atomic E-state index is 12.2. The number of alkyl halides is 1. The Morgan fingerprint density at radius 2 is 1.24 bits per heavy atom. The molecule has 1 atom stereocenters. The molecule has 0 aliphatic carbocycles. The molecule has 0 fully saturated rings. The number of hydrogen-bond donors (Lipinski definition) is 0. The third-order valence-corrected chi connectivity index (χ3v) is 3.31. The van der Waals surface area contributed by atoms with E-state index < -0.39 is 0 Å². The molecule has 100 valence electrons. The van der Waals surface area contributed by atoms with Gasteiger partial charge < -0.3 is 1.43 Å². The molecule has 0 N–H and O–H groups in total. The molecule has 0 aliphatic heterocycles. The summed E-state index contributed by atoms with van der Waals surface area (Å²) in [5, 5.41) is 0. The molecule has 0 aromatic rings. The van der Waals surface area contributed by atoms with Crippen molar-refractivity contribution in [1.82, 2.24) is 0 Å². The molecule has 17 heavy (non-hydrogen) atoms. The summed E-state index contributed by atoms with van der Waals surface area (Å²) in [5.74, 6) is 0.286. The largest absolute Gasteiger partial charge is 1.00 e. The van der Waals surface area contributed by atoms with Crippen molar-refractivity contribution in [1.29, 1.82) is 0 Å². The Balaban J connectivity index is -0.00000112. The second-order valence-electron chi connectivity index (χ2n) is 5.23. The molecule has 0 spiro atoms. The van der Waals surface area contributed by atoms with Crippen molar-refractivity contribution in [2.75, 3.05) is 6.67 Å². The Labute approximate surface area is 132 Å². The van der Waals surface area contributed by atoms with Gasteiger partial charge in [-0.1, -0.05) is 78.1 Å². The zero-order chi connectivity index (χ0) is 12.1. The van der Waals surface area contributed by atoms with Gasteiger partial charge in [-0.3, -0.25) is 4.39 Å². The van der Waals surface area contributed by atoms with Crippen molar-refractivity contribution in [2.24, 2.45) is 5.92 Å². The summed E-state index contributed by atoms with van der Waals surface area (Å²) in [5.41, 5.74) is 0. The Kier molecular flexibility index (Phi) is 20.2. The van der Waals surface area contributed by atoms with Crippen LogP contribution in [0, 0.1) is 5.92 Å². The molecule has 0 radical (unpaired) electrons. The normalized spacial score (nSPS) is 12.2. The van der Waals surface area contributed by atoms with E-state index in [1.165, 1.54) is 64.2 Å². The van der Waals surface area contributed by atoms with Crippen molar-refractivity contribution in [3.63, 3.8) is 0 Å². The van der Waals surface area contributed by atoms with E-state index in [1.54, 1.807) is 0 Å². The predicted octanol–water partition coefficient (Wildman–Crippen LogP) is 3.02. The third-order valence-electron chi connectivity index (χ3n) is 3.31. The van der Waals surface area contributed by atoms with Crippen LogP contribution in [0.4, 0.5) is 4.39 Å². The van der Waals surface area contributed by atoms with Crippen molar-refractivity contribution in [3.8, 4) is 0 Å². The fourth-order valence-electron chi connectivity index (χ4n) is 2.06. The second-order valence-corrected chi connectivity index (χ2v) is 5.23. The molecular weight excluding hydrogens is 222 g/mol. The zero-order valence-corrected chi connectivity index (χ0v) is 14.4. The van der Waals surface area contributed by atoms with Gasteiger partial charge in [-0.2, -0.15) is 0 Å². The maximum absolute atomic E-state index is 12.2. The first kappa shape index (κ1) is 20.3. The van der Waals surface area contributed by atoms with Crippen LogP contribution in [0.3, 0.4) is 0 Å². The minimum absolute atomic E-state index is 0. The Morgan fingerprint density at radius 3 is 1.65 bits per heavy atom. The Morgan fingerprint density at radius 1 is 0.824 bits per heavy atom. The van der Waals surface area contributed by atoms with Gasteiger partial charge in [-0.15, -0.1) is 0 Å². The molecule has 0 rings (SSSR count). The van der Waals surface area contributed by atoms with Crippen LogP contribution in [0.2, 0.25) is 0 Å².